The Kier molecular flexibility index (Phi) is 4.47. The standard InChI is InChI=1S/C15H15F2N3O/c1-9(2)19-11-4-6-14(18-8-11)15(21)20-13-5-3-10(16)7-12(13)17/h3-9,19H,1-2H3,(H,20,21). The topological polar surface area (TPSA) is 54.0 Å². The van der Waals surface area contributed by atoms with Crippen LogP contribution in [0.5, 0.6) is 0 Å². The van der Waals surface area contributed by atoms with Crippen molar-refractivity contribution in [2.24, 2.45) is 0 Å². The highest BCUT2D eigenvalue weighted by molar-refractivity contribution is 6.03. The number of hydrogen-bond acceptors (Lipinski definition) is 3. The summed E-state index contributed by atoms with van der Waals surface area (Å²) in [7, 11) is 0. The zero-order chi connectivity index (χ0) is 15.4. The molecule has 1 heterocycles. The monoisotopic (exact) mass is 291 g/mol. The molecule has 2 N–H and O–H groups in total. The number of amides is 1. The van der Waals surface area contributed by atoms with E-state index >= 15 is 0 Å². The van der Waals surface area contributed by atoms with E-state index in [-0.39, 0.29) is 17.4 Å². The van der Waals surface area contributed by atoms with Crippen LogP contribution in [-0.2, 0) is 0 Å². The van der Waals surface area contributed by atoms with Crippen molar-refractivity contribution in [3.63, 3.8) is 0 Å². The van der Waals surface area contributed by atoms with Gasteiger partial charge in [0.05, 0.1) is 17.6 Å². The van der Waals surface area contributed by atoms with E-state index in [0.29, 0.717) is 6.07 Å². The van der Waals surface area contributed by atoms with E-state index < -0.39 is 17.5 Å². The van der Waals surface area contributed by atoms with Crippen molar-refractivity contribution in [3.8, 4) is 0 Å². The Balaban J connectivity index is 2.09. The smallest absolute Gasteiger partial charge is 0.274 e. The average Bonchev–Trinajstić information content (AvgIpc) is 2.42. The van der Waals surface area contributed by atoms with Crippen LogP contribution in [0.3, 0.4) is 0 Å². The molecule has 1 aromatic heterocycles. The molecule has 0 spiro atoms. The second-order valence-corrected chi connectivity index (χ2v) is 4.81. The van der Waals surface area contributed by atoms with Gasteiger partial charge in [0, 0.05) is 12.1 Å². The van der Waals surface area contributed by atoms with Gasteiger partial charge in [0.25, 0.3) is 5.91 Å². The molecule has 0 saturated heterocycles. The van der Waals surface area contributed by atoms with Crippen molar-refractivity contribution in [2.75, 3.05) is 10.6 Å². The summed E-state index contributed by atoms with van der Waals surface area (Å²) in [6, 6.07) is 6.43. The Morgan fingerprint density at radius 2 is 1.95 bits per heavy atom. The molecule has 0 aliphatic rings. The minimum absolute atomic E-state index is 0.0902. The van der Waals surface area contributed by atoms with Gasteiger partial charge in [-0.1, -0.05) is 0 Å². The van der Waals surface area contributed by atoms with E-state index in [0.717, 1.165) is 17.8 Å². The van der Waals surface area contributed by atoms with Crippen LogP contribution in [0.25, 0.3) is 0 Å². The third-order valence-corrected chi connectivity index (χ3v) is 2.63. The number of pyridine rings is 1. The number of carbonyl (C=O) groups is 1. The quantitative estimate of drug-likeness (QED) is 0.907. The molecule has 2 rings (SSSR count). The number of hydrogen-bond donors (Lipinski definition) is 2. The Morgan fingerprint density at radius 3 is 2.52 bits per heavy atom. The molecule has 1 amide bonds. The van der Waals surface area contributed by atoms with Crippen LogP contribution in [0.1, 0.15) is 24.3 Å². The lowest BCUT2D eigenvalue weighted by Crippen LogP contribution is -2.15. The number of halogens is 2. The highest BCUT2D eigenvalue weighted by atomic mass is 19.1. The van der Waals surface area contributed by atoms with Crippen LogP contribution in [0.4, 0.5) is 20.2 Å². The van der Waals surface area contributed by atoms with E-state index in [1.165, 1.54) is 12.3 Å². The maximum atomic E-state index is 13.4. The summed E-state index contributed by atoms with van der Waals surface area (Å²) in [6.07, 6.45) is 1.52. The molecule has 0 unspecified atom stereocenters. The van der Waals surface area contributed by atoms with Crippen LogP contribution in [-0.4, -0.2) is 16.9 Å². The highest BCUT2D eigenvalue weighted by Crippen LogP contribution is 2.16. The predicted molar refractivity (Wildman–Crippen MR) is 77.3 cm³/mol. The summed E-state index contributed by atoms with van der Waals surface area (Å²) < 4.78 is 26.2. The lowest BCUT2D eigenvalue weighted by Gasteiger charge is -2.10. The van der Waals surface area contributed by atoms with Crippen LogP contribution >= 0.6 is 0 Å². The van der Waals surface area contributed by atoms with Gasteiger partial charge in [-0.3, -0.25) is 4.79 Å². The fourth-order valence-corrected chi connectivity index (χ4v) is 1.72. The molecule has 0 radical (unpaired) electrons. The molecular weight excluding hydrogens is 276 g/mol. The normalized spacial score (nSPS) is 10.5. The minimum atomic E-state index is -0.832. The summed E-state index contributed by atoms with van der Waals surface area (Å²) in [5, 5.41) is 5.49. The molecule has 21 heavy (non-hydrogen) atoms. The Bertz CT molecular complexity index is 642. The van der Waals surface area contributed by atoms with Crippen molar-refractivity contribution >= 4 is 17.3 Å². The molecule has 2 aromatic rings. The van der Waals surface area contributed by atoms with Gasteiger partial charge >= 0.3 is 0 Å². The molecule has 0 atom stereocenters. The van der Waals surface area contributed by atoms with Gasteiger partial charge in [0.1, 0.15) is 17.3 Å². The summed E-state index contributed by atoms with van der Waals surface area (Å²) >= 11 is 0. The first-order valence-corrected chi connectivity index (χ1v) is 6.44. The van der Waals surface area contributed by atoms with E-state index in [1.807, 2.05) is 13.8 Å². The second-order valence-electron chi connectivity index (χ2n) is 4.81. The molecule has 0 saturated carbocycles. The molecule has 110 valence electrons. The first kappa shape index (κ1) is 14.9. The summed E-state index contributed by atoms with van der Waals surface area (Å²) in [4.78, 5) is 15.9. The fraction of sp³-hybridized carbons (Fsp3) is 0.200. The Morgan fingerprint density at radius 1 is 1.19 bits per heavy atom. The first-order chi connectivity index (χ1) is 9.95. The Labute approximate surface area is 121 Å². The largest absolute Gasteiger partial charge is 0.382 e. The van der Waals surface area contributed by atoms with Crippen molar-refractivity contribution in [3.05, 3.63) is 53.9 Å². The van der Waals surface area contributed by atoms with Gasteiger partial charge in [-0.2, -0.15) is 0 Å². The summed E-state index contributed by atoms with van der Waals surface area (Å²) in [5.41, 5.74) is 0.843. The molecule has 0 aliphatic carbocycles. The van der Waals surface area contributed by atoms with Gasteiger partial charge in [0.15, 0.2) is 0 Å². The average molecular weight is 291 g/mol. The van der Waals surface area contributed by atoms with Crippen LogP contribution in [0.15, 0.2) is 36.5 Å². The fourth-order valence-electron chi connectivity index (χ4n) is 1.72. The van der Waals surface area contributed by atoms with Gasteiger partial charge in [-0.15, -0.1) is 0 Å². The van der Waals surface area contributed by atoms with E-state index in [1.54, 1.807) is 6.07 Å². The molecule has 4 nitrogen and oxygen atoms in total. The van der Waals surface area contributed by atoms with Crippen molar-refractivity contribution in [1.82, 2.24) is 4.98 Å². The van der Waals surface area contributed by atoms with Gasteiger partial charge < -0.3 is 10.6 Å². The third-order valence-electron chi connectivity index (χ3n) is 2.63. The number of rotatable bonds is 4. The zero-order valence-electron chi connectivity index (χ0n) is 11.7. The number of carbonyl (C=O) groups excluding carboxylic acids is 1. The molecule has 6 heteroatoms. The molecular formula is C15H15F2N3O. The van der Waals surface area contributed by atoms with E-state index in [4.69, 9.17) is 0 Å². The lowest BCUT2D eigenvalue weighted by molar-refractivity contribution is 0.102. The number of nitrogens with one attached hydrogen (secondary N) is 2. The van der Waals surface area contributed by atoms with Gasteiger partial charge in [0.2, 0.25) is 0 Å². The molecule has 0 aliphatic heterocycles. The number of anilines is 2. The number of benzene rings is 1. The zero-order valence-corrected chi connectivity index (χ0v) is 11.7. The van der Waals surface area contributed by atoms with Crippen molar-refractivity contribution in [2.45, 2.75) is 19.9 Å². The minimum Gasteiger partial charge on any atom is -0.382 e. The van der Waals surface area contributed by atoms with Crippen LogP contribution in [0.2, 0.25) is 0 Å². The highest BCUT2D eigenvalue weighted by Gasteiger charge is 2.11. The van der Waals surface area contributed by atoms with Crippen LogP contribution < -0.4 is 10.6 Å². The van der Waals surface area contributed by atoms with E-state index in [9.17, 15) is 13.6 Å². The third kappa shape index (κ3) is 3.98. The first-order valence-electron chi connectivity index (χ1n) is 6.44. The van der Waals surface area contributed by atoms with Crippen molar-refractivity contribution in [1.29, 1.82) is 0 Å². The summed E-state index contributed by atoms with van der Waals surface area (Å²) in [5.74, 6) is -2.09. The molecule has 1 aromatic carbocycles. The molecule has 0 fully saturated rings. The van der Waals surface area contributed by atoms with Crippen molar-refractivity contribution < 1.29 is 13.6 Å². The van der Waals surface area contributed by atoms with Gasteiger partial charge in [-0.25, -0.2) is 13.8 Å². The number of aromatic nitrogens is 1. The number of nitrogens with zero attached hydrogens (tertiary/aromatic N) is 1. The van der Waals surface area contributed by atoms with Gasteiger partial charge in [-0.05, 0) is 38.1 Å². The maximum absolute atomic E-state index is 13.4. The molecule has 0 bridgehead atoms. The SMILES string of the molecule is CC(C)Nc1ccc(C(=O)Nc2ccc(F)cc2F)nc1. The second kappa shape index (κ2) is 6.30. The maximum Gasteiger partial charge on any atom is 0.274 e. The lowest BCUT2D eigenvalue weighted by atomic mass is 10.2. The van der Waals surface area contributed by atoms with Crippen LogP contribution in [0, 0.1) is 11.6 Å². The predicted octanol–water partition coefficient (Wildman–Crippen LogP) is 3.43. The van der Waals surface area contributed by atoms with E-state index in [2.05, 4.69) is 15.6 Å². The summed E-state index contributed by atoms with van der Waals surface area (Å²) in [6.45, 7) is 3.97. The Hall–Kier alpha value is -2.50.